The van der Waals surface area contributed by atoms with E-state index in [9.17, 15) is 8.42 Å². The van der Waals surface area contributed by atoms with Gasteiger partial charge in [0.25, 0.3) is 0 Å². The normalized spacial score (nSPS) is 11.5. The molecular weight excluding hydrogens is 320 g/mol. The lowest BCUT2D eigenvalue weighted by Gasteiger charge is -2.17. The minimum absolute atomic E-state index is 0.583. The van der Waals surface area contributed by atoms with Crippen LogP contribution in [-0.4, -0.2) is 26.7 Å². The van der Waals surface area contributed by atoms with Gasteiger partial charge in [-0.25, -0.2) is 8.42 Å². The zero-order valence-electron chi connectivity index (χ0n) is 13.9. The lowest BCUT2D eigenvalue weighted by molar-refractivity contribution is 0.600. The van der Waals surface area contributed by atoms with Crippen LogP contribution in [0.25, 0.3) is 22.4 Å². The van der Waals surface area contributed by atoms with E-state index >= 15 is 0 Å². The van der Waals surface area contributed by atoms with Crippen LogP contribution < -0.4 is 4.31 Å². The quantitative estimate of drug-likeness (QED) is 0.779. The minimum Gasteiger partial charge on any atom is -0.340 e. The molecular formula is C19H20N2O2S. The third-order valence-corrected chi connectivity index (χ3v) is 5.35. The highest BCUT2D eigenvalue weighted by molar-refractivity contribution is 7.92. The molecule has 0 radical (unpaired) electrons. The first-order valence-electron chi connectivity index (χ1n) is 7.67. The topological polar surface area (TPSA) is 53.2 Å². The molecule has 3 rings (SSSR count). The van der Waals surface area contributed by atoms with Crippen molar-refractivity contribution in [2.75, 3.05) is 17.6 Å². The van der Waals surface area contributed by atoms with E-state index < -0.39 is 10.0 Å². The van der Waals surface area contributed by atoms with Gasteiger partial charge in [0.15, 0.2) is 0 Å². The molecule has 0 unspecified atom stereocenters. The molecule has 1 N–H and O–H groups in total. The summed E-state index contributed by atoms with van der Waals surface area (Å²) in [6, 6.07) is 19.8. The molecule has 0 amide bonds. The summed E-state index contributed by atoms with van der Waals surface area (Å²) < 4.78 is 25.5. The Hall–Kier alpha value is -2.53. The van der Waals surface area contributed by atoms with Crippen molar-refractivity contribution in [1.29, 1.82) is 0 Å². The van der Waals surface area contributed by atoms with Gasteiger partial charge in [0.2, 0.25) is 10.0 Å². The standard InChI is InChI=1S/C19H20N2O2S/c1-14-17(15-10-6-4-7-11-15)19(21(2)24(3,22)23)20-18(14)16-12-8-5-9-13-16/h4-13,20H,1-3H3. The molecule has 0 spiro atoms. The van der Waals surface area contributed by atoms with Crippen LogP contribution in [0, 0.1) is 6.92 Å². The van der Waals surface area contributed by atoms with Crippen molar-refractivity contribution in [2.45, 2.75) is 6.92 Å². The second-order valence-electron chi connectivity index (χ2n) is 5.81. The van der Waals surface area contributed by atoms with E-state index in [0.717, 1.165) is 27.9 Å². The minimum atomic E-state index is -3.37. The summed E-state index contributed by atoms with van der Waals surface area (Å²) in [5.74, 6) is 0.583. The Bertz CT molecular complexity index is 946. The SMILES string of the molecule is Cc1c(-c2ccccc2)[nH]c(N(C)S(C)(=O)=O)c1-c1ccccc1. The molecule has 0 saturated carbocycles. The van der Waals surface area contributed by atoms with Gasteiger partial charge >= 0.3 is 0 Å². The first-order valence-corrected chi connectivity index (χ1v) is 9.51. The molecule has 4 nitrogen and oxygen atoms in total. The summed E-state index contributed by atoms with van der Waals surface area (Å²) in [6.45, 7) is 2.01. The Kier molecular flexibility index (Phi) is 4.20. The molecule has 0 fully saturated rings. The highest BCUT2D eigenvalue weighted by Gasteiger charge is 2.23. The van der Waals surface area contributed by atoms with Crippen LogP contribution >= 0.6 is 0 Å². The molecule has 0 atom stereocenters. The van der Waals surface area contributed by atoms with Crippen LogP contribution in [0.5, 0.6) is 0 Å². The van der Waals surface area contributed by atoms with Gasteiger partial charge in [0, 0.05) is 12.6 Å². The van der Waals surface area contributed by atoms with Gasteiger partial charge in [0.1, 0.15) is 5.82 Å². The number of benzene rings is 2. The molecule has 0 aliphatic rings. The predicted molar refractivity (Wildman–Crippen MR) is 99.6 cm³/mol. The van der Waals surface area contributed by atoms with Crippen LogP contribution in [0.2, 0.25) is 0 Å². The smallest absolute Gasteiger partial charge is 0.233 e. The van der Waals surface area contributed by atoms with Crippen LogP contribution in [0.1, 0.15) is 5.56 Å². The monoisotopic (exact) mass is 340 g/mol. The van der Waals surface area contributed by atoms with Crippen LogP contribution in [-0.2, 0) is 10.0 Å². The van der Waals surface area contributed by atoms with Gasteiger partial charge in [-0.3, -0.25) is 4.31 Å². The maximum absolute atomic E-state index is 12.1. The highest BCUT2D eigenvalue weighted by atomic mass is 32.2. The van der Waals surface area contributed by atoms with Crippen molar-refractivity contribution in [3.8, 4) is 22.4 Å². The second-order valence-corrected chi connectivity index (χ2v) is 7.82. The lowest BCUT2D eigenvalue weighted by Crippen LogP contribution is -2.25. The Balaban J connectivity index is 2.28. The van der Waals surface area contributed by atoms with Crippen LogP contribution in [0.15, 0.2) is 60.7 Å². The van der Waals surface area contributed by atoms with E-state index in [4.69, 9.17) is 0 Å². The summed E-state index contributed by atoms with van der Waals surface area (Å²) in [5, 5.41) is 0. The summed E-state index contributed by atoms with van der Waals surface area (Å²) in [4.78, 5) is 3.32. The van der Waals surface area contributed by atoms with Crippen molar-refractivity contribution in [3.63, 3.8) is 0 Å². The fourth-order valence-corrected chi connectivity index (χ4v) is 3.30. The number of rotatable bonds is 4. The first-order chi connectivity index (χ1) is 11.4. The molecule has 24 heavy (non-hydrogen) atoms. The molecule has 1 heterocycles. The van der Waals surface area contributed by atoms with E-state index in [1.165, 1.54) is 10.6 Å². The Morgan fingerprint density at radius 2 is 1.38 bits per heavy atom. The third kappa shape index (κ3) is 2.95. The van der Waals surface area contributed by atoms with Gasteiger partial charge in [0.05, 0.1) is 11.9 Å². The average Bonchev–Trinajstić information content (AvgIpc) is 2.92. The first kappa shape index (κ1) is 16.3. The van der Waals surface area contributed by atoms with Crippen molar-refractivity contribution < 1.29 is 8.42 Å². The number of nitrogens with zero attached hydrogens (tertiary/aromatic N) is 1. The van der Waals surface area contributed by atoms with E-state index in [2.05, 4.69) is 4.98 Å². The van der Waals surface area contributed by atoms with Crippen molar-refractivity contribution in [2.24, 2.45) is 0 Å². The lowest BCUT2D eigenvalue weighted by atomic mass is 10.0. The average molecular weight is 340 g/mol. The number of sulfonamides is 1. The molecule has 0 aliphatic carbocycles. The summed E-state index contributed by atoms with van der Waals surface area (Å²) >= 11 is 0. The van der Waals surface area contributed by atoms with Crippen molar-refractivity contribution in [3.05, 3.63) is 66.2 Å². The van der Waals surface area contributed by atoms with Gasteiger partial charge in [-0.1, -0.05) is 60.7 Å². The van der Waals surface area contributed by atoms with Gasteiger partial charge in [-0.2, -0.15) is 0 Å². The van der Waals surface area contributed by atoms with Gasteiger partial charge < -0.3 is 4.98 Å². The highest BCUT2D eigenvalue weighted by Crippen LogP contribution is 2.39. The zero-order valence-corrected chi connectivity index (χ0v) is 14.8. The largest absolute Gasteiger partial charge is 0.340 e. The molecule has 2 aromatic carbocycles. The number of aromatic amines is 1. The van der Waals surface area contributed by atoms with Crippen LogP contribution in [0.4, 0.5) is 5.82 Å². The fraction of sp³-hybridized carbons (Fsp3) is 0.158. The molecule has 0 aliphatic heterocycles. The van der Waals surface area contributed by atoms with Gasteiger partial charge in [-0.05, 0) is 23.6 Å². The number of hydrogen-bond donors (Lipinski definition) is 1. The van der Waals surface area contributed by atoms with E-state index in [-0.39, 0.29) is 0 Å². The van der Waals surface area contributed by atoms with Gasteiger partial charge in [-0.15, -0.1) is 0 Å². The summed E-state index contributed by atoms with van der Waals surface area (Å²) in [6.07, 6.45) is 1.21. The third-order valence-electron chi connectivity index (χ3n) is 4.17. The van der Waals surface area contributed by atoms with E-state index in [1.807, 2.05) is 67.6 Å². The molecule has 3 aromatic rings. The Morgan fingerprint density at radius 3 is 1.88 bits per heavy atom. The molecule has 124 valence electrons. The van der Waals surface area contributed by atoms with E-state index in [1.54, 1.807) is 7.05 Å². The van der Waals surface area contributed by atoms with Crippen molar-refractivity contribution in [1.82, 2.24) is 4.98 Å². The number of nitrogens with one attached hydrogen (secondary N) is 1. The molecule has 0 bridgehead atoms. The molecule has 0 saturated heterocycles. The maximum Gasteiger partial charge on any atom is 0.233 e. The molecule has 1 aromatic heterocycles. The molecule has 5 heteroatoms. The van der Waals surface area contributed by atoms with E-state index in [0.29, 0.717) is 5.82 Å². The fourth-order valence-electron chi connectivity index (χ4n) is 2.83. The summed E-state index contributed by atoms with van der Waals surface area (Å²) in [7, 11) is -1.80. The Morgan fingerprint density at radius 1 is 0.875 bits per heavy atom. The Labute approximate surface area is 142 Å². The number of H-pyrrole nitrogens is 1. The second kappa shape index (κ2) is 6.17. The predicted octanol–water partition coefficient (Wildman–Crippen LogP) is 4.05. The zero-order chi connectivity index (χ0) is 17.3. The number of aromatic nitrogens is 1. The summed E-state index contributed by atoms with van der Waals surface area (Å²) in [5.41, 5.74) is 4.87. The number of anilines is 1. The number of hydrogen-bond acceptors (Lipinski definition) is 2. The van der Waals surface area contributed by atoms with Crippen molar-refractivity contribution >= 4 is 15.8 Å². The maximum atomic E-state index is 12.1. The van der Waals surface area contributed by atoms with Crippen LogP contribution in [0.3, 0.4) is 0 Å².